The standard InChI is InChI=1S/C13H24N4/c1-4-11-6-8-16(9-7-11)13-12(14)10(3)15-17(13)5-2/h11H,4-9,14H2,1-3H3. The van der Waals surface area contributed by atoms with Gasteiger partial charge in [-0.05, 0) is 32.6 Å². The van der Waals surface area contributed by atoms with Gasteiger partial charge < -0.3 is 10.6 Å². The van der Waals surface area contributed by atoms with Crippen LogP contribution in [0.4, 0.5) is 11.5 Å². The molecule has 2 rings (SSSR count). The first-order valence-corrected chi connectivity index (χ1v) is 6.75. The van der Waals surface area contributed by atoms with Gasteiger partial charge in [0.15, 0.2) is 5.82 Å². The van der Waals surface area contributed by atoms with E-state index in [0.717, 1.165) is 42.8 Å². The van der Waals surface area contributed by atoms with Crippen LogP contribution in [0.1, 0.15) is 38.8 Å². The Balaban J connectivity index is 2.17. The van der Waals surface area contributed by atoms with Crippen LogP contribution in [0.15, 0.2) is 0 Å². The summed E-state index contributed by atoms with van der Waals surface area (Å²) in [5, 5.41) is 4.49. The molecule has 0 aromatic carbocycles. The lowest BCUT2D eigenvalue weighted by Crippen LogP contribution is -2.35. The minimum atomic E-state index is 0.863. The Bertz CT molecular complexity index is 375. The normalized spacial score (nSPS) is 17.7. The summed E-state index contributed by atoms with van der Waals surface area (Å²) in [6.07, 6.45) is 3.86. The first kappa shape index (κ1) is 12.3. The van der Waals surface area contributed by atoms with Gasteiger partial charge in [-0.3, -0.25) is 0 Å². The van der Waals surface area contributed by atoms with E-state index < -0.39 is 0 Å². The minimum absolute atomic E-state index is 0.863. The van der Waals surface area contributed by atoms with E-state index in [1.54, 1.807) is 0 Å². The molecule has 1 aromatic rings. The maximum Gasteiger partial charge on any atom is 0.150 e. The summed E-state index contributed by atoms with van der Waals surface area (Å²) in [6, 6.07) is 0. The minimum Gasteiger partial charge on any atom is -0.394 e. The lowest BCUT2D eigenvalue weighted by Gasteiger charge is -2.33. The summed E-state index contributed by atoms with van der Waals surface area (Å²) in [7, 11) is 0. The van der Waals surface area contributed by atoms with Crippen molar-refractivity contribution in [2.24, 2.45) is 5.92 Å². The second-order valence-corrected chi connectivity index (χ2v) is 4.98. The molecule has 0 unspecified atom stereocenters. The number of nitrogens with zero attached hydrogens (tertiary/aromatic N) is 3. The number of piperidine rings is 1. The van der Waals surface area contributed by atoms with Gasteiger partial charge in [-0.15, -0.1) is 0 Å². The third-order valence-electron chi connectivity index (χ3n) is 3.94. The average molecular weight is 236 g/mol. The molecule has 4 nitrogen and oxygen atoms in total. The van der Waals surface area contributed by atoms with Gasteiger partial charge in [0.2, 0.25) is 0 Å². The van der Waals surface area contributed by atoms with Crippen LogP contribution in [0.25, 0.3) is 0 Å². The second-order valence-electron chi connectivity index (χ2n) is 4.98. The van der Waals surface area contributed by atoms with Gasteiger partial charge >= 0.3 is 0 Å². The fourth-order valence-corrected chi connectivity index (χ4v) is 2.69. The van der Waals surface area contributed by atoms with Crippen molar-refractivity contribution in [1.29, 1.82) is 0 Å². The van der Waals surface area contributed by atoms with Gasteiger partial charge in [-0.25, -0.2) is 4.68 Å². The number of rotatable bonds is 3. The molecular formula is C13H24N4. The zero-order chi connectivity index (χ0) is 12.4. The molecule has 0 radical (unpaired) electrons. The average Bonchev–Trinajstić information content (AvgIpc) is 2.65. The number of hydrogen-bond donors (Lipinski definition) is 1. The molecule has 0 amide bonds. The predicted octanol–water partition coefficient (Wildman–Crippen LogP) is 2.42. The van der Waals surface area contributed by atoms with Gasteiger partial charge in [0.1, 0.15) is 0 Å². The third kappa shape index (κ3) is 2.26. The van der Waals surface area contributed by atoms with Crippen LogP contribution in [-0.2, 0) is 6.54 Å². The van der Waals surface area contributed by atoms with E-state index in [0.29, 0.717) is 0 Å². The Morgan fingerprint density at radius 2 is 1.94 bits per heavy atom. The predicted molar refractivity (Wildman–Crippen MR) is 72.3 cm³/mol. The SMILES string of the molecule is CCC1CCN(c2c(N)c(C)nn2CC)CC1. The van der Waals surface area contributed by atoms with Crippen LogP contribution >= 0.6 is 0 Å². The molecule has 17 heavy (non-hydrogen) atoms. The van der Waals surface area contributed by atoms with Crippen LogP contribution in [0.5, 0.6) is 0 Å². The summed E-state index contributed by atoms with van der Waals surface area (Å²) in [5.41, 5.74) is 7.97. The quantitative estimate of drug-likeness (QED) is 0.876. The zero-order valence-corrected chi connectivity index (χ0v) is 11.2. The largest absolute Gasteiger partial charge is 0.394 e. The molecule has 0 saturated carbocycles. The van der Waals surface area contributed by atoms with Crippen molar-refractivity contribution in [3.05, 3.63) is 5.69 Å². The van der Waals surface area contributed by atoms with Gasteiger partial charge in [-0.2, -0.15) is 5.10 Å². The van der Waals surface area contributed by atoms with Crippen molar-refractivity contribution >= 4 is 11.5 Å². The molecule has 1 saturated heterocycles. The first-order valence-electron chi connectivity index (χ1n) is 6.75. The van der Waals surface area contributed by atoms with E-state index in [2.05, 4.69) is 23.8 Å². The van der Waals surface area contributed by atoms with Crippen LogP contribution in [0.3, 0.4) is 0 Å². The fraction of sp³-hybridized carbons (Fsp3) is 0.769. The smallest absolute Gasteiger partial charge is 0.150 e. The Kier molecular flexibility index (Phi) is 3.60. The molecule has 2 N–H and O–H groups in total. The Hall–Kier alpha value is -1.19. The highest BCUT2D eigenvalue weighted by Gasteiger charge is 2.23. The molecular weight excluding hydrogens is 212 g/mol. The lowest BCUT2D eigenvalue weighted by molar-refractivity contribution is 0.390. The maximum absolute atomic E-state index is 6.15. The Morgan fingerprint density at radius 1 is 1.29 bits per heavy atom. The van der Waals surface area contributed by atoms with E-state index >= 15 is 0 Å². The van der Waals surface area contributed by atoms with Crippen molar-refractivity contribution in [3.8, 4) is 0 Å². The van der Waals surface area contributed by atoms with Crippen LogP contribution in [-0.4, -0.2) is 22.9 Å². The molecule has 0 spiro atoms. The summed E-state index contributed by atoms with van der Waals surface area (Å²) in [6.45, 7) is 9.52. The highest BCUT2D eigenvalue weighted by atomic mass is 15.4. The monoisotopic (exact) mass is 236 g/mol. The fourth-order valence-electron chi connectivity index (χ4n) is 2.69. The van der Waals surface area contributed by atoms with E-state index in [9.17, 15) is 0 Å². The summed E-state index contributed by atoms with van der Waals surface area (Å²) in [4.78, 5) is 2.41. The summed E-state index contributed by atoms with van der Waals surface area (Å²) >= 11 is 0. The molecule has 0 atom stereocenters. The molecule has 4 heteroatoms. The number of aromatic nitrogens is 2. The zero-order valence-electron chi connectivity index (χ0n) is 11.2. The molecule has 2 heterocycles. The molecule has 0 aliphatic carbocycles. The van der Waals surface area contributed by atoms with Crippen LogP contribution < -0.4 is 10.6 Å². The second kappa shape index (κ2) is 4.98. The maximum atomic E-state index is 6.15. The van der Waals surface area contributed by atoms with Crippen LogP contribution in [0.2, 0.25) is 0 Å². The Labute approximate surface area is 104 Å². The highest BCUT2D eigenvalue weighted by Crippen LogP contribution is 2.30. The topological polar surface area (TPSA) is 47.1 Å². The molecule has 1 aliphatic heterocycles. The van der Waals surface area contributed by atoms with E-state index in [-0.39, 0.29) is 0 Å². The summed E-state index contributed by atoms with van der Waals surface area (Å²) in [5.74, 6) is 2.03. The number of hydrogen-bond acceptors (Lipinski definition) is 3. The molecule has 1 fully saturated rings. The number of nitrogen functional groups attached to an aromatic ring is 1. The van der Waals surface area contributed by atoms with E-state index in [1.165, 1.54) is 19.3 Å². The van der Waals surface area contributed by atoms with Gasteiger partial charge in [0.05, 0.1) is 11.4 Å². The van der Waals surface area contributed by atoms with Crippen molar-refractivity contribution < 1.29 is 0 Å². The summed E-state index contributed by atoms with van der Waals surface area (Å²) < 4.78 is 2.04. The first-order chi connectivity index (χ1) is 8.17. The van der Waals surface area contributed by atoms with E-state index in [1.807, 2.05) is 11.6 Å². The van der Waals surface area contributed by atoms with Gasteiger partial charge in [-0.1, -0.05) is 13.3 Å². The molecule has 1 aromatic heterocycles. The van der Waals surface area contributed by atoms with Crippen molar-refractivity contribution in [2.75, 3.05) is 23.7 Å². The molecule has 0 bridgehead atoms. The Morgan fingerprint density at radius 3 is 2.47 bits per heavy atom. The number of nitrogens with two attached hydrogens (primary N) is 1. The molecule has 96 valence electrons. The highest BCUT2D eigenvalue weighted by molar-refractivity contribution is 5.66. The van der Waals surface area contributed by atoms with Crippen LogP contribution in [0, 0.1) is 12.8 Å². The van der Waals surface area contributed by atoms with Crippen molar-refractivity contribution in [3.63, 3.8) is 0 Å². The van der Waals surface area contributed by atoms with Crippen molar-refractivity contribution in [1.82, 2.24) is 9.78 Å². The third-order valence-corrected chi connectivity index (χ3v) is 3.94. The van der Waals surface area contributed by atoms with Gasteiger partial charge in [0, 0.05) is 19.6 Å². The van der Waals surface area contributed by atoms with E-state index in [4.69, 9.17) is 5.73 Å². The lowest BCUT2D eigenvalue weighted by atomic mass is 9.94. The number of anilines is 2. The number of aryl methyl sites for hydroxylation is 2. The van der Waals surface area contributed by atoms with Crippen molar-refractivity contribution in [2.45, 2.75) is 46.6 Å². The molecule has 1 aliphatic rings. The van der Waals surface area contributed by atoms with Gasteiger partial charge in [0.25, 0.3) is 0 Å².